The van der Waals surface area contributed by atoms with Gasteiger partial charge in [0.15, 0.2) is 0 Å². The number of thiophene rings is 1. The Kier molecular flexibility index (Phi) is 4.90. The number of hydrogen-bond donors (Lipinski definition) is 2. The van der Waals surface area contributed by atoms with E-state index in [1.807, 2.05) is 13.0 Å². The summed E-state index contributed by atoms with van der Waals surface area (Å²) in [6, 6.07) is 15.9. The maximum absolute atomic E-state index is 13.2. The number of nitrogens with one attached hydrogen (secondary N) is 2. The molecule has 0 aliphatic carbocycles. The fourth-order valence-electron chi connectivity index (χ4n) is 2.26. The van der Waals surface area contributed by atoms with Crippen molar-refractivity contribution in [2.75, 3.05) is 10.6 Å². The molecular weight excluding hydrogens is 339 g/mol. The van der Waals surface area contributed by atoms with Gasteiger partial charge >= 0.3 is 0 Å². The van der Waals surface area contributed by atoms with Gasteiger partial charge in [-0.3, -0.25) is 9.59 Å². The van der Waals surface area contributed by atoms with Crippen molar-refractivity contribution in [3.8, 4) is 0 Å². The summed E-state index contributed by atoms with van der Waals surface area (Å²) in [4.78, 5) is 26.1. The first-order valence-electron chi connectivity index (χ1n) is 7.56. The van der Waals surface area contributed by atoms with E-state index < -0.39 is 5.82 Å². The zero-order valence-electron chi connectivity index (χ0n) is 13.4. The van der Waals surface area contributed by atoms with E-state index in [2.05, 4.69) is 10.6 Å². The molecule has 3 aromatic rings. The van der Waals surface area contributed by atoms with Gasteiger partial charge in [-0.05, 0) is 55.5 Å². The number of carbonyl (C=O) groups excluding carboxylic acids is 2. The molecule has 1 aromatic heterocycles. The van der Waals surface area contributed by atoms with Crippen molar-refractivity contribution < 1.29 is 14.0 Å². The molecule has 4 nitrogen and oxygen atoms in total. The monoisotopic (exact) mass is 354 g/mol. The summed E-state index contributed by atoms with van der Waals surface area (Å²) < 4.78 is 13.2. The predicted octanol–water partition coefficient (Wildman–Crippen LogP) is 4.70. The summed E-state index contributed by atoms with van der Waals surface area (Å²) in [5, 5.41) is 5.40. The Morgan fingerprint density at radius 2 is 1.56 bits per heavy atom. The number of benzene rings is 2. The van der Waals surface area contributed by atoms with E-state index in [1.165, 1.54) is 29.5 Å². The van der Waals surface area contributed by atoms with Crippen LogP contribution in [0.25, 0.3) is 0 Å². The lowest BCUT2D eigenvalue weighted by Gasteiger charge is -2.08. The summed E-state index contributed by atoms with van der Waals surface area (Å²) >= 11 is 1.40. The molecule has 2 aromatic carbocycles. The average molecular weight is 354 g/mol. The van der Waals surface area contributed by atoms with Crippen LogP contribution in [0.3, 0.4) is 0 Å². The average Bonchev–Trinajstić information content (AvgIpc) is 3.02. The molecule has 0 aliphatic heterocycles. The Hall–Kier alpha value is -2.99. The summed E-state index contributed by atoms with van der Waals surface area (Å²) in [6.07, 6.45) is 0. The highest BCUT2D eigenvalue weighted by Gasteiger charge is 2.11. The molecule has 6 heteroatoms. The second kappa shape index (κ2) is 7.27. The van der Waals surface area contributed by atoms with Crippen LogP contribution in [-0.4, -0.2) is 11.8 Å². The Labute approximate surface area is 148 Å². The van der Waals surface area contributed by atoms with Crippen molar-refractivity contribution >= 4 is 34.5 Å². The molecule has 1 heterocycles. The molecule has 3 rings (SSSR count). The lowest BCUT2D eigenvalue weighted by Crippen LogP contribution is -2.14. The highest BCUT2D eigenvalue weighted by Crippen LogP contribution is 2.19. The van der Waals surface area contributed by atoms with Gasteiger partial charge in [-0.15, -0.1) is 11.3 Å². The molecule has 25 heavy (non-hydrogen) atoms. The van der Waals surface area contributed by atoms with E-state index in [0.717, 1.165) is 4.88 Å². The van der Waals surface area contributed by atoms with Crippen molar-refractivity contribution in [1.82, 2.24) is 0 Å². The Morgan fingerprint density at radius 1 is 0.880 bits per heavy atom. The predicted molar refractivity (Wildman–Crippen MR) is 97.8 cm³/mol. The quantitative estimate of drug-likeness (QED) is 0.713. The molecule has 0 bridgehead atoms. The second-order valence-corrected chi connectivity index (χ2v) is 6.70. The van der Waals surface area contributed by atoms with Gasteiger partial charge in [0, 0.05) is 21.8 Å². The number of anilines is 2. The van der Waals surface area contributed by atoms with E-state index in [-0.39, 0.29) is 11.8 Å². The Morgan fingerprint density at radius 3 is 2.24 bits per heavy atom. The maximum atomic E-state index is 13.2. The van der Waals surface area contributed by atoms with Gasteiger partial charge in [-0.1, -0.05) is 12.1 Å². The van der Waals surface area contributed by atoms with Gasteiger partial charge in [-0.2, -0.15) is 0 Å². The normalized spacial score (nSPS) is 10.3. The van der Waals surface area contributed by atoms with Crippen LogP contribution in [0.2, 0.25) is 0 Å². The Balaban J connectivity index is 1.72. The van der Waals surface area contributed by atoms with Gasteiger partial charge in [0.25, 0.3) is 11.8 Å². The molecule has 0 atom stereocenters. The third-order valence-electron chi connectivity index (χ3n) is 3.43. The summed E-state index contributed by atoms with van der Waals surface area (Å²) in [6.45, 7) is 1.93. The van der Waals surface area contributed by atoms with Crippen LogP contribution in [0.5, 0.6) is 0 Å². The maximum Gasteiger partial charge on any atom is 0.265 e. The molecule has 0 fully saturated rings. The van der Waals surface area contributed by atoms with Gasteiger partial charge in [0.1, 0.15) is 5.82 Å². The van der Waals surface area contributed by atoms with Gasteiger partial charge < -0.3 is 10.6 Å². The van der Waals surface area contributed by atoms with Crippen LogP contribution >= 0.6 is 11.3 Å². The van der Waals surface area contributed by atoms with Crippen molar-refractivity contribution in [3.63, 3.8) is 0 Å². The number of halogens is 1. The van der Waals surface area contributed by atoms with Crippen LogP contribution in [-0.2, 0) is 0 Å². The largest absolute Gasteiger partial charge is 0.322 e. The minimum atomic E-state index is -0.426. The van der Waals surface area contributed by atoms with Crippen molar-refractivity contribution in [2.24, 2.45) is 0 Å². The Bertz CT molecular complexity index is 936. The third-order valence-corrected chi connectivity index (χ3v) is 4.43. The highest BCUT2D eigenvalue weighted by molar-refractivity contribution is 7.14. The van der Waals surface area contributed by atoms with E-state index in [4.69, 9.17) is 0 Å². The van der Waals surface area contributed by atoms with E-state index in [9.17, 15) is 14.0 Å². The minimum Gasteiger partial charge on any atom is -0.322 e. The molecule has 0 saturated heterocycles. The van der Waals surface area contributed by atoms with Gasteiger partial charge in [-0.25, -0.2) is 4.39 Å². The molecule has 0 saturated carbocycles. The summed E-state index contributed by atoms with van der Waals surface area (Å²) in [7, 11) is 0. The van der Waals surface area contributed by atoms with Crippen LogP contribution in [0.15, 0.2) is 60.7 Å². The van der Waals surface area contributed by atoms with Gasteiger partial charge in [0.05, 0.1) is 4.88 Å². The lowest BCUT2D eigenvalue weighted by atomic mass is 10.1. The smallest absolute Gasteiger partial charge is 0.265 e. The van der Waals surface area contributed by atoms with Crippen LogP contribution in [0.1, 0.15) is 24.9 Å². The van der Waals surface area contributed by atoms with E-state index in [1.54, 1.807) is 36.4 Å². The first kappa shape index (κ1) is 16.9. The van der Waals surface area contributed by atoms with Crippen LogP contribution < -0.4 is 10.6 Å². The number of rotatable bonds is 4. The SMILES string of the molecule is Cc1ccc(C(=O)Nc2cccc(C(=O)Nc3cccc(F)c3)c2)s1. The highest BCUT2D eigenvalue weighted by atomic mass is 32.1. The summed E-state index contributed by atoms with van der Waals surface area (Å²) in [5.74, 6) is -1.03. The molecule has 126 valence electrons. The molecule has 2 N–H and O–H groups in total. The number of hydrogen-bond acceptors (Lipinski definition) is 3. The zero-order valence-corrected chi connectivity index (χ0v) is 14.2. The lowest BCUT2D eigenvalue weighted by molar-refractivity contribution is 0.101. The molecule has 0 spiro atoms. The van der Waals surface area contributed by atoms with Crippen molar-refractivity contribution in [1.29, 1.82) is 0 Å². The number of amides is 2. The van der Waals surface area contributed by atoms with Crippen molar-refractivity contribution in [3.05, 3.63) is 81.8 Å². The van der Waals surface area contributed by atoms with Crippen LogP contribution in [0.4, 0.5) is 15.8 Å². The first-order chi connectivity index (χ1) is 12.0. The summed E-state index contributed by atoms with van der Waals surface area (Å²) in [5.41, 5.74) is 1.25. The van der Waals surface area contributed by atoms with E-state index >= 15 is 0 Å². The zero-order chi connectivity index (χ0) is 17.8. The van der Waals surface area contributed by atoms with Gasteiger partial charge in [0.2, 0.25) is 0 Å². The topological polar surface area (TPSA) is 58.2 Å². The molecule has 0 aliphatic rings. The first-order valence-corrected chi connectivity index (χ1v) is 8.38. The number of carbonyl (C=O) groups is 2. The standard InChI is InChI=1S/C19H15FN2O2S/c1-12-8-9-17(25-12)19(24)22-15-6-2-4-13(10-15)18(23)21-16-7-3-5-14(20)11-16/h2-11H,1H3,(H,21,23)(H,22,24). The molecule has 0 unspecified atom stereocenters. The third kappa shape index (κ3) is 4.30. The van der Waals surface area contributed by atoms with E-state index in [0.29, 0.717) is 21.8 Å². The molecular formula is C19H15FN2O2S. The fraction of sp³-hybridized carbons (Fsp3) is 0.0526. The van der Waals surface area contributed by atoms with Crippen molar-refractivity contribution in [2.45, 2.75) is 6.92 Å². The minimum absolute atomic E-state index is 0.221. The second-order valence-electron chi connectivity index (χ2n) is 5.41. The molecule has 2 amide bonds. The van der Waals surface area contributed by atoms with Crippen LogP contribution in [0, 0.1) is 12.7 Å². The number of aryl methyl sites for hydroxylation is 1. The fourth-order valence-corrected chi connectivity index (χ4v) is 3.02. The molecule has 0 radical (unpaired) electrons.